The summed E-state index contributed by atoms with van der Waals surface area (Å²) in [5, 5.41) is 38.4. The van der Waals surface area contributed by atoms with Crippen molar-refractivity contribution in [2.24, 2.45) is 5.92 Å². The summed E-state index contributed by atoms with van der Waals surface area (Å²) >= 11 is 0. The summed E-state index contributed by atoms with van der Waals surface area (Å²) < 4.78 is 0. The molecule has 1 aliphatic rings. The Kier molecular flexibility index (Phi) is 2.02. The monoisotopic (exact) mass is 175 g/mol. The Morgan fingerprint density at radius 1 is 1.33 bits per heavy atom. The highest BCUT2D eigenvalue weighted by atomic mass is 16.6. The Hall–Kier alpha value is -0.460. The second kappa shape index (κ2) is 2.51. The minimum atomic E-state index is -2.35. The zero-order valence-electron chi connectivity index (χ0n) is 6.94. The minimum Gasteiger partial charge on any atom is -0.353 e. The molecule has 12 heavy (non-hydrogen) atoms. The van der Waals surface area contributed by atoms with Gasteiger partial charge in [0.05, 0.1) is 0 Å². The first-order valence-electron chi connectivity index (χ1n) is 3.63. The van der Waals surface area contributed by atoms with E-state index >= 15 is 0 Å². The van der Waals surface area contributed by atoms with E-state index in [1.807, 2.05) is 5.32 Å². The molecule has 0 radical (unpaired) electrons. The Morgan fingerprint density at radius 3 is 2.25 bits per heavy atom. The van der Waals surface area contributed by atoms with Crippen molar-refractivity contribution in [1.29, 1.82) is 0 Å². The maximum atomic E-state index is 9.23. The summed E-state index contributed by atoms with van der Waals surface area (Å²) in [6.07, 6.45) is 1.13. The van der Waals surface area contributed by atoms with Crippen LogP contribution >= 0.6 is 0 Å². The van der Waals surface area contributed by atoms with Crippen molar-refractivity contribution in [3.63, 3.8) is 0 Å². The summed E-state index contributed by atoms with van der Waals surface area (Å²) in [4.78, 5) is 0. The van der Waals surface area contributed by atoms with Gasteiger partial charge in [-0.15, -0.1) is 0 Å². The van der Waals surface area contributed by atoms with E-state index in [2.05, 4.69) is 0 Å². The molecule has 0 aliphatic carbocycles. The molecule has 5 N–H and O–H groups in total. The van der Waals surface area contributed by atoms with E-state index < -0.39 is 17.7 Å². The molecule has 70 valence electrons. The highest BCUT2D eigenvalue weighted by Crippen LogP contribution is 2.27. The Bertz CT molecular complexity index is 221. The van der Waals surface area contributed by atoms with Gasteiger partial charge in [0, 0.05) is 5.92 Å². The third-order valence-electron chi connectivity index (χ3n) is 2.08. The predicted molar refractivity (Wildman–Crippen MR) is 40.4 cm³/mol. The summed E-state index contributed by atoms with van der Waals surface area (Å²) in [5.41, 5.74) is 0.503. The van der Waals surface area contributed by atoms with Gasteiger partial charge in [-0.1, -0.05) is 12.5 Å². The molecule has 5 nitrogen and oxygen atoms in total. The highest BCUT2D eigenvalue weighted by Gasteiger charge is 2.43. The van der Waals surface area contributed by atoms with Crippen LogP contribution < -0.4 is 5.32 Å². The molecule has 0 fully saturated rings. The molecule has 1 aliphatic heterocycles. The van der Waals surface area contributed by atoms with Crippen LogP contribution in [0.1, 0.15) is 13.8 Å². The summed E-state index contributed by atoms with van der Waals surface area (Å²) in [6, 6.07) is 0. The summed E-state index contributed by atoms with van der Waals surface area (Å²) in [6.45, 7) is 3.15. The molecule has 0 bridgehead atoms. The van der Waals surface area contributed by atoms with E-state index in [1.165, 1.54) is 0 Å². The van der Waals surface area contributed by atoms with Crippen molar-refractivity contribution < 1.29 is 20.4 Å². The van der Waals surface area contributed by atoms with Gasteiger partial charge in [0.25, 0.3) is 0 Å². The first kappa shape index (κ1) is 9.63. The molecular weight excluding hydrogens is 162 g/mol. The molecule has 1 atom stereocenters. The first-order valence-corrected chi connectivity index (χ1v) is 3.63. The summed E-state index contributed by atoms with van der Waals surface area (Å²) in [5.74, 6) is -5.20. The second-order valence-corrected chi connectivity index (χ2v) is 3.19. The van der Waals surface area contributed by atoms with Gasteiger partial charge in [-0.3, -0.25) is 0 Å². The highest BCUT2D eigenvalue weighted by molar-refractivity contribution is 5.14. The van der Waals surface area contributed by atoms with Gasteiger partial charge in [-0.2, -0.15) is 0 Å². The van der Waals surface area contributed by atoms with Crippen molar-refractivity contribution >= 4 is 0 Å². The lowest BCUT2D eigenvalue weighted by atomic mass is 9.94. The molecule has 0 aromatic rings. The lowest BCUT2D eigenvalue weighted by Gasteiger charge is -2.39. The van der Waals surface area contributed by atoms with Crippen LogP contribution in [0.4, 0.5) is 0 Å². The zero-order valence-corrected chi connectivity index (χ0v) is 6.94. The van der Waals surface area contributed by atoms with Gasteiger partial charge in [0.2, 0.25) is 11.8 Å². The molecule has 0 spiro atoms. The molecule has 1 unspecified atom stereocenters. The average molecular weight is 175 g/mol. The lowest BCUT2D eigenvalue weighted by Crippen LogP contribution is -2.63. The maximum Gasteiger partial charge on any atom is 0.247 e. The van der Waals surface area contributed by atoms with Gasteiger partial charge in [-0.05, 0) is 13.0 Å². The second-order valence-electron chi connectivity index (χ2n) is 3.19. The molecule has 0 aromatic carbocycles. The van der Waals surface area contributed by atoms with Crippen molar-refractivity contribution in [1.82, 2.24) is 5.32 Å². The van der Waals surface area contributed by atoms with Crippen LogP contribution in [0.2, 0.25) is 0 Å². The molecule has 0 aromatic heterocycles. The van der Waals surface area contributed by atoms with Crippen LogP contribution in [0, 0.1) is 5.92 Å². The number of hydrogen-bond acceptors (Lipinski definition) is 5. The van der Waals surface area contributed by atoms with E-state index in [0.29, 0.717) is 5.57 Å². The fourth-order valence-corrected chi connectivity index (χ4v) is 1.18. The van der Waals surface area contributed by atoms with E-state index in [1.54, 1.807) is 13.8 Å². The van der Waals surface area contributed by atoms with Gasteiger partial charge >= 0.3 is 0 Å². The molecule has 0 saturated heterocycles. The van der Waals surface area contributed by atoms with E-state index in [9.17, 15) is 10.2 Å². The largest absolute Gasteiger partial charge is 0.353 e. The van der Waals surface area contributed by atoms with Gasteiger partial charge < -0.3 is 20.4 Å². The molecule has 0 saturated carbocycles. The van der Waals surface area contributed by atoms with Crippen molar-refractivity contribution in [3.05, 3.63) is 11.6 Å². The third-order valence-corrected chi connectivity index (χ3v) is 2.08. The van der Waals surface area contributed by atoms with Crippen LogP contribution in [-0.4, -0.2) is 32.2 Å². The van der Waals surface area contributed by atoms with Crippen molar-refractivity contribution in [3.8, 4) is 0 Å². The van der Waals surface area contributed by atoms with E-state index in [4.69, 9.17) is 10.2 Å². The van der Waals surface area contributed by atoms with Crippen LogP contribution in [0.5, 0.6) is 0 Å². The quantitative estimate of drug-likeness (QED) is 0.227. The molecule has 1 rings (SSSR count). The normalized spacial score (nSPS) is 32.8. The predicted octanol–water partition coefficient (Wildman–Crippen LogP) is -1.55. The topological polar surface area (TPSA) is 93.0 Å². The van der Waals surface area contributed by atoms with Crippen molar-refractivity contribution in [2.45, 2.75) is 25.7 Å². The Morgan fingerprint density at radius 2 is 1.83 bits per heavy atom. The third kappa shape index (κ3) is 1.65. The Labute approximate surface area is 70.0 Å². The molecule has 1 heterocycles. The fourth-order valence-electron chi connectivity index (χ4n) is 1.18. The van der Waals surface area contributed by atoms with Gasteiger partial charge in [0.1, 0.15) is 0 Å². The van der Waals surface area contributed by atoms with Crippen LogP contribution in [0.25, 0.3) is 0 Å². The number of hydrogen-bond donors (Lipinski definition) is 5. The Balaban J connectivity index is 3.00. The van der Waals surface area contributed by atoms with E-state index in [-0.39, 0.29) is 0 Å². The van der Waals surface area contributed by atoms with Gasteiger partial charge in [0.15, 0.2) is 0 Å². The van der Waals surface area contributed by atoms with Crippen molar-refractivity contribution in [2.75, 3.05) is 0 Å². The zero-order chi connectivity index (χ0) is 9.57. The maximum absolute atomic E-state index is 9.23. The standard InChI is InChI=1S/C7H13NO4/c1-4-3-6(9,10)8-7(11,12)5(4)2/h3,5,8-12H,1-2H3. The smallest absolute Gasteiger partial charge is 0.247 e. The molecule has 0 amide bonds. The van der Waals surface area contributed by atoms with Crippen LogP contribution in [-0.2, 0) is 0 Å². The van der Waals surface area contributed by atoms with Crippen LogP contribution in [0.3, 0.4) is 0 Å². The summed E-state index contributed by atoms with van der Waals surface area (Å²) in [7, 11) is 0. The van der Waals surface area contributed by atoms with Gasteiger partial charge in [-0.25, -0.2) is 5.32 Å². The lowest BCUT2D eigenvalue weighted by molar-refractivity contribution is -0.290. The first-order chi connectivity index (χ1) is 5.25. The fraction of sp³-hybridized carbons (Fsp3) is 0.714. The van der Waals surface area contributed by atoms with E-state index in [0.717, 1.165) is 6.08 Å². The number of nitrogens with one attached hydrogen (secondary N) is 1. The molecule has 5 heteroatoms. The van der Waals surface area contributed by atoms with Crippen LogP contribution in [0.15, 0.2) is 11.6 Å². The SMILES string of the molecule is CC1=CC(O)(O)NC(O)(O)C1C. The average Bonchev–Trinajstić information content (AvgIpc) is 1.79. The minimum absolute atomic E-state index is 0.503. The number of aliphatic hydroxyl groups is 4. The number of rotatable bonds is 0. The molecular formula is C7H13NO4.